The number of hydrogen-bond acceptors (Lipinski definition) is 4. The maximum Gasteiger partial charge on any atom is 0.230 e. The topological polar surface area (TPSA) is 61.8 Å². The van der Waals surface area contributed by atoms with Crippen LogP contribution in [0.15, 0.2) is 24.3 Å². The quantitative estimate of drug-likeness (QED) is 0.788. The molecular weight excluding hydrogens is 316 g/mol. The summed E-state index contributed by atoms with van der Waals surface area (Å²) in [6.45, 7) is 2.77. The number of hydrogen-bond donors (Lipinski definition) is 2. The van der Waals surface area contributed by atoms with Gasteiger partial charge in [0.05, 0.1) is 19.1 Å². The van der Waals surface area contributed by atoms with Gasteiger partial charge in [0, 0.05) is 25.7 Å². The summed E-state index contributed by atoms with van der Waals surface area (Å²) in [6.07, 6.45) is 4.42. The molecule has 1 saturated heterocycles. The summed E-state index contributed by atoms with van der Waals surface area (Å²) in [7, 11) is 1.66. The molecule has 2 atom stereocenters. The lowest BCUT2D eigenvalue weighted by atomic mass is 9.92. The highest BCUT2D eigenvalue weighted by molar-refractivity contribution is 5.91. The van der Waals surface area contributed by atoms with Crippen LogP contribution in [0.25, 0.3) is 0 Å². The number of carbonyl (C=O) groups is 1. The SMILES string of the molecule is COc1ccc(C2(C(=O)N[C@@H]3CN(CCO)C[C@H]3C3CC3)CC2)cc1. The minimum atomic E-state index is -0.342. The molecule has 3 fully saturated rings. The number of nitrogens with zero attached hydrogens (tertiary/aromatic N) is 1. The lowest BCUT2D eigenvalue weighted by Crippen LogP contribution is -2.46. The Morgan fingerprint density at radius 2 is 2.00 bits per heavy atom. The number of nitrogens with one attached hydrogen (secondary N) is 1. The molecule has 2 aliphatic carbocycles. The van der Waals surface area contributed by atoms with Crippen LogP contribution >= 0.6 is 0 Å². The highest BCUT2D eigenvalue weighted by Gasteiger charge is 2.53. The van der Waals surface area contributed by atoms with Gasteiger partial charge in [-0.3, -0.25) is 9.69 Å². The molecule has 2 saturated carbocycles. The molecule has 5 nitrogen and oxygen atoms in total. The second kappa shape index (κ2) is 6.61. The van der Waals surface area contributed by atoms with E-state index in [0.717, 1.165) is 43.2 Å². The molecule has 0 spiro atoms. The summed E-state index contributed by atoms with van der Waals surface area (Å²) in [5.74, 6) is 2.30. The Kier molecular flexibility index (Phi) is 4.46. The maximum absolute atomic E-state index is 13.1. The Morgan fingerprint density at radius 1 is 1.28 bits per heavy atom. The third-order valence-electron chi connectivity index (χ3n) is 6.23. The third kappa shape index (κ3) is 3.27. The summed E-state index contributed by atoms with van der Waals surface area (Å²) in [5, 5.41) is 12.6. The fourth-order valence-corrected chi connectivity index (χ4v) is 4.38. The Hall–Kier alpha value is -1.59. The van der Waals surface area contributed by atoms with Crippen molar-refractivity contribution in [3.63, 3.8) is 0 Å². The third-order valence-corrected chi connectivity index (χ3v) is 6.23. The first-order valence-electron chi connectivity index (χ1n) is 9.45. The van der Waals surface area contributed by atoms with Crippen molar-refractivity contribution in [2.45, 2.75) is 37.1 Å². The highest BCUT2D eigenvalue weighted by atomic mass is 16.5. The summed E-state index contributed by atoms with van der Waals surface area (Å²) in [6, 6.07) is 8.15. The monoisotopic (exact) mass is 344 g/mol. The van der Waals surface area contributed by atoms with Crippen molar-refractivity contribution in [3.8, 4) is 5.75 Å². The van der Waals surface area contributed by atoms with Crippen LogP contribution in [0.1, 0.15) is 31.2 Å². The van der Waals surface area contributed by atoms with E-state index < -0.39 is 0 Å². The van der Waals surface area contributed by atoms with E-state index in [1.54, 1.807) is 7.11 Å². The molecule has 0 unspecified atom stereocenters. The zero-order valence-electron chi connectivity index (χ0n) is 14.9. The van der Waals surface area contributed by atoms with Gasteiger partial charge in [0.15, 0.2) is 0 Å². The molecule has 0 radical (unpaired) electrons. The Bertz CT molecular complexity index is 622. The van der Waals surface area contributed by atoms with Crippen LogP contribution in [0.4, 0.5) is 0 Å². The second-order valence-corrected chi connectivity index (χ2v) is 7.88. The van der Waals surface area contributed by atoms with Gasteiger partial charge >= 0.3 is 0 Å². The van der Waals surface area contributed by atoms with Gasteiger partial charge in [0.1, 0.15) is 5.75 Å². The first kappa shape index (κ1) is 16.9. The summed E-state index contributed by atoms with van der Waals surface area (Å²) in [4.78, 5) is 15.4. The first-order valence-corrected chi connectivity index (χ1v) is 9.45. The molecule has 1 aromatic rings. The van der Waals surface area contributed by atoms with Crippen LogP contribution in [0.2, 0.25) is 0 Å². The van der Waals surface area contributed by atoms with Gasteiger partial charge in [-0.1, -0.05) is 12.1 Å². The van der Waals surface area contributed by atoms with Crippen LogP contribution in [0.3, 0.4) is 0 Å². The molecule has 1 amide bonds. The fourth-order valence-electron chi connectivity index (χ4n) is 4.38. The average Bonchev–Trinajstić information content (AvgIpc) is 3.54. The predicted octanol–water partition coefficient (Wildman–Crippen LogP) is 1.55. The van der Waals surface area contributed by atoms with E-state index in [1.165, 1.54) is 12.8 Å². The molecule has 4 rings (SSSR count). The fraction of sp³-hybridized carbons (Fsp3) is 0.650. The lowest BCUT2D eigenvalue weighted by molar-refractivity contribution is -0.124. The molecular formula is C20H28N2O3. The number of aliphatic hydroxyl groups is 1. The maximum atomic E-state index is 13.1. The number of amides is 1. The molecule has 25 heavy (non-hydrogen) atoms. The Morgan fingerprint density at radius 3 is 2.56 bits per heavy atom. The van der Waals surface area contributed by atoms with Crippen molar-refractivity contribution in [2.75, 3.05) is 33.4 Å². The van der Waals surface area contributed by atoms with Crippen LogP contribution in [-0.2, 0) is 10.2 Å². The highest BCUT2D eigenvalue weighted by Crippen LogP contribution is 2.49. The zero-order chi connectivity index (χ0) is 17.4. The van der Waals surface area contributed by atoms with E-state index in [2.05, 4.69) is 10.2 Å². The van der Waals surface area contributed by atoms with Crippen LogP contribution in [0, 0.1) is 11.8 Å². The molecule has 0 aromatic heterocycles. The molecule has 1 aromatic carbocycles. The molecule has 1 aliphatic heterocycles. The van der Waals surface area contributed by atoms with Gasteiger partial charge in [-0.05, 0) is 55.2 Å². The molecule has 136 valence electrons. The second-order valence-electron chi connectivity index (χ2n) is 7.88. The normalized spacial score (nSPS) is 27.9. The van der Waals surface area contributed by atoms with Crippen molar-refractivity contribution in [2.24, 2.45) is 11.8 Å². The number of aliphatic hydroxyl groups excluding tert-OH is 1. The van der Waals surface area contributed by atoms with Gasteiger partial charge in [-0.2, -0.15) is 0 Å². The number of β-amino-alcohol motifs (C(OH)–C–C–N with tert-alkyl or cyclic N) is 1. The summed E-state index contributed by atoms with van der Waals surface area (Å²) in [5.41, 5.74) is 0.754. The summed E-state index contributed by atoms with van der Waals surface area (Å²) < 4.78 is 5.23. The van der Waals surface area contributed by atoms with E-state index in [1.807, 2.05) is 24.3 Å². The van der Waals surface area contributed by atoms with Crippen LogP contribution < -0.4 is 10.1 Å². The van der Waals surface area contributed by atoms with Crippen LogP contribution in [0.5, 0.6) is 5.75 Å². The van der Waals surface area contributed by atoms with E-state index in [4.69, 9.17) is 4.74 Å². The number of ether oxygens (including phenoxy) is 1. The summed E-state index contributed by atoms with van der Waals surface area (Å²) >= 11 is 0. The largest absolute Gasteiger partial charge is 0.497 e. The number of carbonyl (C=O) groups excluding carboxylic acids is 1. The smallest absolute Gasteiger partial charge is 0.230 e. The molecule has 0 bridgehead atoms. The van der Waals surface area contributed by atoms with Crippen LogP contribution in [-0.4, -0.2) is 55.3 Å². The predicted molar refractivity (Wildman–Crippen MR) is 95.6 cm³/mol. The van der Waals surface area contributed by atoms with Gasteiger partial charge in [0.25, 0.3) is 0 Å². The van der Waals surface area contributed by atoms with Crippen molar-refractivity contribution >= 4 is 5.91 Å². The van der Waals surface area contributed by atoms with Gasteiger partial charge in [-0.15, -0.1) is 0 Å². The number of likely N-dealkylation sites (tertiary alicyclic amines) is 1. The number of rotatable bonds is 7. The molecule has 5 heteroatoms. The van der Waals surface area contributed by atoms with Crippen molar-refractivity contribution in [1.82, 2.24) is 10.2 Å². The van der Waals surface area contributed by atoms with Crippen molar-refractivity contribution in [1.29, 1.82) is 0 Å². The lowest BCUT2D eigenvalue weighted by Gasteiger charge is -2.23. The van der Waals surface area contributed by atoms with E-state index in [0.29, 0.717) is 12.5 Å². The zero-order valence-corrected chi connectivity index (χ0v) is 14.9. The van der Waals surface area contributed by atoms with Gasteiger partial charge in [0.2, 0.25) is 5.91 Å². The first-order chi connectivity index (χ1) is 12.2. The molecule has 2 N–H and O–H groups in total. The molecule has 3 aliphatic rings. The average molecular weight is 344 g/mol. The van der Waals surface area contributed by atoms with E-state index in [-0.39, 0.29) is 24.0 Å². The number of benzene rings is 1. The Labute approximate surface area is 149 Å². The Balaban J connectivity index is 1.45. The van der Waals surface area contributed by atoms with E-state index in [9.17, 15) is 9.90 Å². The standard InChI is InChI=1S/C20H28N2O3/c1-25-16-6-4-15(5-7-16)20(8-9-20)19(24)21-18-13-22(10-11-23)12-17(18)14-2-3-14/h4-7,14,17-18,23H,2-3,8-13H2,1H3,(H,21,24)/t17-,18+/m0/s1. The molecule has 1 heterocycles. The number of methoxy groups -OCH3 is 1. The van der Waals surface area contributed by atoms with Gasteiger partial charge in [-0.25, -0.2) is 0 Å². The minimum Gasteiger partial charge on any atom is -0.497 e. The minimum absolute atomic E-state index is 0.180. The van der Waals surface area contributed by atoms with E-state index >= 15 is 0 Å². The van der Waals surface area contributed by atoms with Crippen molar-refractivity contribution in [3.05, 3.63) is 29.8 Å². The van der Waals surface area contributed by atoms with Crippen molar-refractivity contribution < 1.29 is 14.6 Å². The van der Waals surface area contributed by atoms with Gasteiger partial charge < -0.3 is 15.2 Å².